The Morgan fingerprint density at radius 2 is 2.04 bits per heavy atom. The molecule has 1 aliphatic rings. The van der Waals surface area contributed by atoms with Crippen molar-refractivity contribution in [1.29, 1.82) is 0 Å². The molecule has 2 N–H and O–H groups in total. The lowest BCUT2D eigenvalue weighted by atomic mass is 10.2. The molecular formula is C16H16F2N2O2S. The number of hydrogen-bond donors (Lipinski definition) is 2. The molecule has 1 amide bonds. The van der Waals surface area contributed by atoms with Crippen LogP contribution >= 0.6 is 11.3 Å². The summed E-state index contributed by atoms with van der Waals surface area (Å²) >= 11 is 1.38. The van der Waals surface area contributed by atoms with Crippen LogP contribution < -0.4 is 15.4 Å². The fourth-order valence-electron chi connectivity index (χ4n) is 2.45. The minimum absolute atomic E-state index is 0.0763. The minimum atomic E-state index is -2.83. The summed E-state index contributed by atoms with van der Waals surface area (Å²) in [4.78, 5) is 13.7. The molecule has 1 aromatic carbocycles. The molecule has 122 valence electrons. The zero-order valence-electron chi connectivity index (χ0n) is 12.2. The molecule has 7 heteroatoms. The molecule has 0 radical (unpaired) electrons. The highest BCUT2D eigenvalue weighted by Gasteiger charge is 2.18. The number of alkyl halides is 2. The van der Waals surface area contributed by atoms with Gasteiger partial charge in [0.25, 0.3) is 5.91 Å². The van der Waals surface area contributed by atoms with Gasteiger partial charge in [0.15, 0.2) is 0 Å². The molecular weight excluding hydrogens is 322 g/mol. The van der Waals surface area contributed by atoms with Crippen molar-refractivity contribution in [2.45, 2.75) is 19.1 Å². The molecule has 2 heterocycles. The van der Waals surface area contributed by atoms with E-state index in [1.807, 2.05) is 6.07 Å². The first-order chi connectivity index (χ1) is 11.1. The van der Waals surface area contributed by atoms with E-state index in [1.165, 1.54) is 23.5 Å². The van der Waals surface area contributed by atoms with Gasteiger partial charge in [-0.15, -0.1) is 11.3 Å². The Labute approximate surface area is 136 Å². The smallest absolute Gasteiger partial charge is 0.387 e. The first-order valence-corrected chi connectivity index (χ1v) is 8.10. The summed E-state index contributed by atoms with van der Waals surface area (Å²) in [6, 6.07) is 10.2. The van der Waals surface area contributed by atoms with Crippen molar-refractivity contribution >= 4 is 17.2 Å². The Balaban J connectivity index is 1.67. The van der Waals surface area contributed by atoms with Gasteiger partial charge in [0.05, 0.1) is 4.88 Å². The monoisotopic (exact) mass is 338 g/mol. The maximum Gasteiger partial charge on any atom is 0.387 e. The highest BCUT2D eigenvalue weighted by atomic mass is 32.1. The van der Waals surface area contributed by atoms with E-state index in [2.05, 4.69) is 15.4 Å². The SMILES string of the molecule is O=C(NC1CCNC1)c1ccc(-c2ccc(OC(F)F)cc2)s1. The van der Waals surface area contributed by atoms with Crippen LogP contribution in [0, 0.1) is 0 Å². The van der Waals surface area contributed by atoms with E-state index < -0.39 is 6.61 Å². The quantitative estimate of drug-likeness (QED) is 0.881. The van der Waals surface area contributed by atoms with Crippen LogP contribution in [0.4, 0.5) is 8.78 Å². The molecule has 1 atom stereocenters. The third-order valence-electron chi connectivity index (χ3n) is 3.59. The first-order valence-electron chi connectivity index (χ1n) is 7.28. The Kier molecular flexibility index (Phi) is 4.88. The van der Waals surface area contributed by atoms with Gasteiger partial charge in [-0.25, -0.2) is 0 Å². The predicted molar refractivity (Wildman–Crippen MR) is 85.1 cm³/mol. The zero-order valence-corrected chi connectivity index (χ0v) is 13.0. The van der Waals surface area contributed by atoms with Gasteiger partial charge in [0.1, 0.15) is 5.75 Å². The molecule has 1 unspecified atom stereocenters. The highest BCUT2D eigenvalue weighted by Crippen LogP contribution is 2.29. The summed E-state index contributed by atoms with van der Waals surface area (Å²) in [6.07, 6.45) is 0.940. The van der Waals surface area contributed by atoms with Crippen LogP contribution in [0.2, 0.25) is 0 Å². The van der Waals surface area contributed by atoms with Gasteiger partial charge >= 0.3 is 6.61 Å². The number of carbonyl (C=O) groups excluding carboxylic acids is 1. The molecule has 1 aliphatic heterocycles. The molecule has 2 aromatic rings. The van der Waals surface area contributed by atoms with Crippen molar-refractivity contribution in [3.8, 4) is 16.2 Å². The number of carbonyl (C=O) groups is 1. The van der Waals surface area contributed by atoms with E-state index in [9.17, 15) is 13.6 Å². The topological polar surface area (TPSA) is 50.4 Å². The molecule has 1 aromatic heterocycles. The number of nitrogens with one attached hydrogen (secondary N) is 2. The molecule has 0 spiro atoms. The van der Waals surface area contributed by atoms with E-state index in [4.69, 9.17) is 0 Å². The van der Waals surface area contributed by atoms with Gasteiger partial charge in [0.2, 0.25) is 0 Å². The van der Waals surface area contributed by atoms with Gasteiger partial charge in [-0.3, -0.25) is 4.79 Å². The lowest BCUT2D eigenvalue weighted by molar-refractivity contribution is -0.0498. The number of thiophene rings is 1. The fourth-order valence-corrected chi connectivity index (χ4v) is 3.36. The summed E-state index contributed by atoms with van der Waals surface area (Å²) in [5.41, 5.74) is 0.859. The molecule has 1 saturated heterocycles. The normalized spacial score (nSPS) is 17.4. The Hall–Kier alpha value is -1.99. The molecule has 3 rings (SSSR count). The molecule has 23 heavy (non-hydrogen) atoms. The largest absolute Gasteiger partial charge is 0.435 e. The highest BCUT2D eigenvalue weighted by molar-refractivity contribution is 7.17. The summed E-state index contributed by atoms with van der Waals surface area (Å²) in [7, 11) is 0. The van der Waals surface area contributed by atoms with Crippen molar-refractivity contribution in [3.05, 3.63) is 41.3 Å². The number of ether oxygens (including phenoxy) is 1. The van der Waals surface area contributed by atoms with Crippen molar-refractivity contribution in [1.82, 2.24) is 10.6 Å². The Bertz CT molecular complexity index is 667. The van der Waals surface area contributed by atoms with Gasteiger partial charge < -0.3 is 15.4 Å². The van der Waals surface area contributed by atoms with Crippen LogP contribution in [0.15, 0.2) is 36.4 Å². The summed E-state index contributed by atoms with van der Waals surface area (Å²) in [5, 5.41) is 6.20. The van der Waals surface area contributed by atoms with Crippen LogP contribution in [-0.2, 0) is 0 Å². The number of benzene rings is 1. The maximum absolute atomic E-state index is 12.2. The van der Waals surface area contributed by atoms with E-state index in [0.29, 0.717) is 4.88 Å². The van der Waals surface area contributed by atoms with Crippen LogP contribution in [0.1, 0.15) is 16.1 Å². The summed E-state index contributed by atoms with van der Waals surface area (Å²) < 4.78 is 28.6. The van der Waals surface area contributed by atoms with Crippen molar-refractivity contribution in [2.75, 3.05) is 13.1 Å². The van der Waals surface area contributed by atoms with Crippen LogP contribution in [0.25, 0.3) is 10.4 Å². The third-order valence-corrected chi connectivity index (χ3v) is 4.72. The number of hydrogen-bond acceptors (Lipinski definition) is 4. The van der Waals surface area contributed by atoms with Gasteiger partial charge in [0, 0.05) is 17.5 Å². The molecule has 1 fully saturated rings. The summed E-state index contributed by atoms with van der Waals surface area (Å²) in [6.45, 7) is -1.11. The van der Waals surface area contributed by atoms with Crippen molar-refractivity contribution in [2.24, 2.45) is 0 Å². The second-order valence-corrected chi connectivity index (χ2v) is 6.31. The third kappa shape index (κ3) is 4.05. The fraction of sp³-hybridized carbons (Fsp3) is 0.312. The average Bonchev–Trinajstić information content (AvgIpc) is 3.18. The lowest BCUT2D eigenvalue weighted by Gasteiger charge is -2.09. The maximum atomic E-state index is 12.2. The van der Waals surface area contributed by atoms with E-state index in [0.717, 1.165) is 30.0 Å². The Morgan fingerprint density at radius 3 is 2.70 bits per heavy atom. The minimum Gasteiger partial charge on any atom is -0.435 e. The molecule has 0 aliphatic carbocycles. The second kappa shape index (κ2) is 7.06. The van der Waals surface area contributed by atoms with Gasteiger partial charge in [-0.2, -0.15) is 8.78 Å². The molecule has 0 bridgehead atoms. The number of amides is 1. The predicted octanol–water partition coefficient (Wildman–Crippen LogP) is 3.11. The van der Waals surface area contributed by atoms with Crippen LogP contribution in [-0.4, -0.2) is 31.7 Å². The van der Waals surface area contributed by atoms with Gasteiger partial charge in [-0.1, -0.05) is 0 Å². The average molecular weight is 338 g/mol. The van der Waals surface area contributed by atoms with E-state index in [-0.39, 0.29) is 17.7 Å². The lowest BCUT2D eigenvalue weighted by Crippen LogP contribution is -2.35. The molecule has 4 nitrogen and oxygen atoms in total. The van der Waals surface area contributed by atoms with E-state index >= 15 is 0 Å². The van der Waals surface area contributed by atoms with E-state index in [1.54, 1.807) is 18.2 Å². The standard InChI is InChI=1S/C16H16F2N2O2S/c17-16(18)22-12-3-1-10(2-4-12)13-5-6-14(23-13)15(21)20-11-7-8-19-9-11/h1-6,11,16,19H,7-9H2,(H,20,21). The second-order valence-electron chi connectivity index (χ2n) is 5.23. The van der Waals surface area contributed by atoms with Crippen molar-refractivity contribution in [3.63, 3.8) is 0 Å². The van der Waals surface area contributed by atoms with Crippen LogP contribution in [0.5, 0.6) is 5.75 Å². The number of rotatable bonds is 5. The number of halogens is 2. The Morgan fingerprint density at radius 1 is 1.26 bits per heavy atom. The zero-order chi connectivity index (χ0) is 16.2. The summed E-state index contributed by atoms with van der Waals surface area (Å²) in [5.74, 6) is 0.0413. The first kappa shape index (κ1) is 15.9. The van der Waals surface area contributed by atoms with Crippen molar-refractivity contribution < 1.29 is 18.3 Å². The van der Waals surface area contributed by atoms with Gasteiger partial charge in [-0.05, 0) is 54.9 Å². The van der Waals surface area contributed by atoms with Crippen LogP contribution in [0.3, 0.4) is 0 Å². The molecule has 0 saturated carbocycles.